The van der Waals surface area contributed by atoms with Crippen LogP contribution in [0.25, 0.3) is 22.6 Å². The van der Waals surface area contributed by atoms with Gasteiger partial charge in [-0.3, -0.25) is 4.79 Å². The Morgan fingerprint density at radius 1 is 1.19 bits per heavy atom. The maximum absolute atomic E-state index is 12.7. The average molecular weight is 396 g/mol. The number of benzene rings is 1. The summed E-state index contributed by atoms with van der Waals surface area (Å²) in [6.45, 7) is 2.11. The van der Waals surface area contributed by atoms with Crippen LogP contribution in [0.15, 0.2) is 47.4 Å². The van der Waals surface area contributed by atoms with Gasteiger partial charge in [0.05, 0.1) is 28.5 Å². The Hall–Kier alpha value is -2.87. The molecule has 0 bridgehead atoms. The summed E-state index contributed by atoms with van der Waals surface area (Å²) in [6, 6.07) is 7.12. The highest BCUT2D eigenvalue weighted by Gasteiger charge is 2.30. The molecule has 0 saturated carbocycles. The number of rotatable bonds is 4. The molecule has 27 heavy (non-hydrogen) atoms. The van der Waals surface area contributed by atoms with Gasteiger partial charge in [-0.05, 0) is 25.1 Å². The highest BCUT2D eigenvalue weighted by Crippen LogP contribution is 2.32. The number of nitrogens with zero attached hydrogens (tertiary/aromatic N) is 2. The lowest BCUT2D eigenvalue weighted by atomic mass is 10.1. The van der Waals surface area contributed by atoms with Gasteiger partial charge in [0.1, 0.15) is 5.82 Å². The van der Waals surface area contributed by atoms with Gasteiger partial charge < -0.3 is 9.72 Å². The number of aromatic amines is 1. The molecular weight excluding hydrogens is 383 g/mol. The molecule has 3 rings (SSSR count). The maximum atomic E-state index is 12.7. The Bertz CT molecular complexity index is 1020. The Morgan fingerprint density at radius 3 is 2.52 bits per heavy atom. The van der Waals surface area contributed by atoms with Crippen molar-refractivity contribution in [1.82, 2.24) is 15.0 Å². The van der Waals surface area contributed by atoms with Crippen molar-refractivity contribution in [3.8, 4) is 28.5 Å². The molecule has 0 atom stereocenters. The van der Waals surface area contributed by atoms with Crippen LogP contribution >= 0.6 is 11.6 Å². The lowest BCUT2D eigenvalue weighted by molar-refractivity contribution is -0.137. The van der Waals surface area contributed by atoms with Crippen LogP contribution in [0, 0.1) is 0 Å². The molecule has 0 amide bonds. The van der Waals surface area contributed by atoms with Gasteiger partial charge in [0, 0.05) is 17.8 Å². The van der Waals surface area contributed by atoms with Crippen LogP contribution in [0.3, 0.4) is 0 Å². The van der Waals surface area contributed by atoms with E-state index in [-0.39, 0.29) is 17.4 Å². The molecule has 9 heteroatoms. The van der Waals surface area contributed by atoms with Crippen LogP contribution in [0.5, 0.6) is 5.88 Å². The summed E-state index contributed by atoms with van der Waals surface area (Å²) in [4.78, 5) is 23.0. The summed E-state index contributed by atoms with van der Waals surface area (Å²) in [5, 5.41) is 0.316. The Morgan fingerprint density at radius 2 is 1.89 bits per heavy atom. The van der Waals surface area contributed by atoms with E-state index in [1.807, 2.05) is 0 Å². The molecule has 1 aromatic carbocycles. The number of hydrogen-bond donors (Lipinski definition) is 1. The number of hydrogen-bond acceptors (Lipinski definition) is 4. The second kappa shape index (κ2) is 7.40. The van der Waals surface area contributed by atoms with Crippen molar-refractivity contribution in [3.05, 3.63) is 63.5 Å². The SMILES string of the molecule is CCOc1ncc(Cl)cc1-c1nc(-c2ccc(C(F)(F)F)cc2)cc(=O)[nH]1. The molecule has 0 unspecified atom stereocenters. The highest BCUT2D eigenvalue weighted by molar-refractivity contribution is 6.30. The van der Waals surface area contributed by atoms with Gasteiger partial charge in [0.2, 0.25) is 5.88 Å². The summed E-state index contributed by atoms with van der Waals surface area (Å²) in [6.07, 6.45) is -3.04. The van der Waals surface area contributed by atoms with Gasteiger partial charge in [-0.25, -0.2) is 9.97 Å². The third-order valence-corrected chi connectivity index (χ3v) is 3.81. The molecule has 1 N–H and O–H groups in total. The molecule has 0 aliphatic carbocycles. The van der Waals surface area contributed by atoms with E-state index in [4.69, 9.17) is 16.3 Å². The quantitative estimate of drug-likeness (QED) is 0.702. The van der Waals surface area contributed by atoms with Crippen LogP contribution in [-0.4, -0.2) is 21.6 Å². The van der Waals surface area contributed by atoms with Gasteiger partial charge in [-0.15, -0.1) is 0 Å². The lowest BCUT2D eigenvalue weighted by Crippen LogP contribution is -2.10. The average Bonchev–Trinajstić information content (AvgIpc) is 2.62. The molecule has 0 aliphatic heterocycles. The molecule has 0 saturated heterocycles. The second-order valence-electron chi connectivity index (χ2n) is 5.49. The number of ether oxygens (including phenoxy) is 1. The number of nitrogens with one attached hydrogen (secondary N) is 1. The summed E-state index contributed by atoms with van der Waals surface area (Å²) >= 11 is 5.98. The van der Waals surface area contributed by atoms with Gasteiger partial charge in [-0.1, -0.05) is 23.7 Å². The fourth-order valence-corrected chi connectivity index (χ4v) is 2.57. The zero-order valence-corrected chi connectivity index (χ0v) is 14.7. The van der Waals surface area contributed by atoms with Crippen LogP contribution in [0.4, 0.5) is 13.2 Å². The third kappa shape index (κ3) is 4.28. The topological polar surface area (TPSA) is 67.9 Å². The molecule has 2 aromatic heterocycles. The summed E-state index contributed by atoms with van der Waals surface area (Å²) in [7, 11) is 0. The zero-order valence-electron chi connectivity index (χ0n) is 14.0. The normalized spacial score (nSPS) is 11.4. The first kappa shape index (κ1) is 18.9. The maximum Gasteiger partial charge on any atom is 0.416 e. The van der Waals surface area contributed by atoms with Crippen LogP contribution in [-0.2, 0) is 6.18 Å². The Balaban J connectivity index is 2.08. The van der Waals surface area contributed by atoms with E-state index in [0.29, 0.717) is 22.8 Å². The first-order valence-electron chi connectivity index (χ1n) is 7.85. The minimum absolute atomic E-state index is 0.149. The fraction of sp³-hybridized carbons (Fsp3) is 0.167. The minimum Gasteiger partial charge on any atom is -0.477 e. The van der Waals surface area contributed by atoms with Crippen molar-refractivity contribution < 1.29 is 17.9 Å². The predicted octanol–water partition coefficient (Wildman–Crippen LogP) is 4.57. The van der Waals surface area contributed by atoms with E-state index < -0.39 is 17.3 Å². The van der Waals surface area contributed by atoms with Gasteiger partial charge >= 0.3 is 6.18 Å². The van der Waals surface area contributed by atoms with Gasteiger partial charge in [0.15, 0.2) is 0 Å². The Kier molecular flexibility index (Phi) is 5.18. The predicted molar refractivity (Wildman–Crippen MR) is 94.7 cm³/mol. The monoisotopic (exact) mass is 395 g/mol. The first-order valence-corrected chi connectivity index (χ1v) is 8.23. The standard InChI is InChI=1S/C18H13ClF3N3O2/c1-2-27-17-13(7-12(19)9-23-17)16-24-14(8-15(26)25-16)10-3-5-11(6-4-10)18(20,21)22/h3-9H,2H2,1H3,(H,24,25,26). The first-order chi connectivity index (χ1) is 12.8. The van der Waals surface area contributed by atoms with E-state index in [0.717, 1.165) is 12.1 Å². The summed E-state index contributed by atoms with van der Waals surface area (Å²) < 4.78 is 43.6. The van der Waals surface area contributed by atoms with Crippen LogP contribution < -0.4 is 10.3 Å². The van der Waals surface area contributed by atoms with Crippen LogP contribution in [0.1, 0.15) is 12.5 Å². The number of alkyl halides is 3. The fourth-order valence-electron chi connectivity index (χ4n) is 2.41. The van der Waals surface area contributed by atoms with E-state index in [9.17, 15) is 18.0 Å². The zero-order chi connectivity index (χ0) is 19.6. The molecule has 3 aromatic rings. The van der Waals surface area contributed by atoms with Crippen molar-refractivity contribution >= 4 is 11.6 Å². The molecule has 0 spiro atoms. The molecule has 0 radical (unpaired) electrons. The molecular formula is C18H13ClF3N3O2. The number of halogens is 4. The highest BCUT2D eigenvalue weighted by atomic mass is 35.5. The second-order valence-corrected chi connectivity index (χ2v) is 5.93. The van der Waals surface area contributed by atoms with Crippen LogP contribution in [0.2, 0.25) is 5.02 Å². The van der Waals surface area contributed by atoms with Gasteiger partial charge in [-0.2, -0.15) is 13.2 Å². The molecule has 2 heterocycles. The summed E-state index contributed by atoms with van der Waals surface area (Å²) in [5.41, 5.74) is -0.310. The van der Waals surface area contributed by atoms with Crippen molar-refractivity contribution in [3.63, 3.8) is 0 Å². The Labute approximate surface area is 156 Å². The smallest absolute Gasteiger partial charge is 0.416 e. The molecule has 140 valence electrons. The molecule has 0 aliphatic rings. The van der Waals surface area contributed by atoms with E-state index >= 15 is 0 Å². The lowest BCUT2D eigenvalue weighted by Gasteiger charge is -2.10. The minimum atomic E-state index is -4.44. The molecule has 0 fully saturated rings. The van der Waals surface area contributed by atoms with Crippen molar-refractivity contribution in [1.29, 1.82) is 0 Å². The number of aromatic nitrogens is 3. The van der Waals surface area contributed by atoms with E-state index in [1.54, 1.807) is 6.92 Å². The largest absolute Gasteiger partial charge is 0.477 e. The van der Waals surface area contributed by atoms with Crippen molar-refractivity contribution in [2.45, 2.75) is 13.1 Å². The summed E-state index contributed by atoms with van der Waals surface area (Å²) in [5.74, 6) is 0.380. The van der Waals surface area contributed by atoms with Crippen molar-refractivity contribution in [2.75, 3.05) is 6.61 Å². The van der Waals surface area contributed by atoms with Crippen molar-refractivity contribution in [2.24, 2.45) is 0 Å². The molecule has 5 nitrogen and oxygen atoms in total. The van der Waals surface area contributed by atoms with Gasteiger partial charge in [0.25, 0.3) is 5.56 Å². The third-order valence-electron chi connectivity index (χ3n) is 3.60. The van der Waals surface area contributed by atoms with E-state index in [2.05, 4.69) is 15.0 Å². The van der Waals surface area contributed by atoms with E-state index in [1.165, 1.54) is 30.5 Å². The number of H-pyrrole nitrogens is 1. The number of pyridine rings is 1.